The lowest BCUT2D eigenvalue weighted by Crippen LogP contribution is -2.44. The fourth-order valence-corrected chi connectivity index (χ4v) is 3.73. The van der Waals surface area contributed by atoms with Gasteiger partial charge in [0.05, 0.1) is 6.42 Å². The van der Waals surface area contributed by atoms with E-state index < -0.39 is 11.6 Å². The van der Waals surface area contributed by atoms with Crippen molar-refractivity contribution in [2.24, 2.45) is 5.92 Å². The van der Waals surface area contributed by atoms with Crippen LogP contribution in [0.4, 0.5) is 8.78 Å². The molecular formula is C18H24F2N2O. The molecule has 0 saturated carbocycles. The third kappa shape index (κ3) is 4.08. The van der Waals surface area contributed by atoms with Crippen LogP contribution < -0.4 is 0 Å². The fourth-order valence-electron chi connectivity index (χ4n) is 3.73. The Kier molecular flexibility index (Phi) is 5.26. The van der Waals surface area contributed by atoms with Crippen LogP contribution in [0, 0.1) is 17.6 Å². The zero-order valence-electron chi connectivity index (χ0n) is 13.4. The predicted molar refractivity (Wildman–Crippen MR) is 85.0 cm³/mol. The summed E-state index contributed by atoms with van der Waals surface area (Å²) < 4.78 is 27.0. The molecule has 1 atom stereocenters. The van der Waals surface area contributed by atoms with E-state index in [1.807, 2.05) is 4.90 Å². The minimum absolute atomic E-state index is 0.0555. The summed E-state index contributed by atoms with van der Waals surface area (Å²) >= 11 is 0. The smallest absolute Gasteiger partial charge is 0.227 e. The number of likely N-dealkylation sites (tertiary alicyclic amines) is 2. The zero-order chi connectivity index (χ0) is 16.2. The summed E-state index contributed by atoms with van der Waals surface area (Å²) in [7, 11) is 0. The van der Waals surface area contributed by atoms with E-state index in [0.717, 1.165) is 38.5 Å². The van der Waals surface area contributed by atoms with Crippen molar-refractivity contribution in [3.63, 3.8) is 0 Å². The van der Waals surface area contributed by atoms with Crippen LogP contribution in [-0.2, 0) is 11.2 Å². The second-order valence-electron chi connectivity index (χ2n) is 6.75. The van der Waals surface area contributed by atoms with Crippen molar-refractivity contribution in [3.8, 4) is 0 Å². The van der Waals surface area contributed by atoms with Crippen LogP contribution in [0.2, 0.25) is 0 Å². The van der Waals surface area contributed by atoms with E-state index >= 15 is 0 Å². The highest BCUT2D eigenvalue weighted by Gasteiger charge is 2.26. The van der Waals surface area contributed by atoms with Crippen molar-refractivity contribution in [2.45, 2.75) is 32.1 Å². The summed E-state index contributed by atoms with van der Waals surface area (Å²) in [6.07, 6.45) is 4.63. The molecule has 1 aromatic rings. The summed E-state index contributed by atoms with van der Waals surface area (Å²) in [6, 6.07) is 4.02. The van der Waals surface area contributed by atoms with Crippen LogP contribution in [0.5, 0.6) is 0 Å². The van der Waals surface area contributed by atoms with Gasteiger partial charge < -0.3 is 9.80 Å². The lowest BCUT2D eigenvalue weighted by molar-refractivity contribution is -0.132. The van der Waals surface area contributed by atoms with Gasteiger partial charge in [-0.25, -0.2) is 8.78 Å². The summed E-state index contributed by atoms with van der Waals surface area (Å²) in [5, 5.41) is 0. The second kappa shape index (κ2) is 7.39. The number of rotatable bonds is 4. The molecule has 1 amide bonds. The SMILES string of the molecule is O=C(Cc1cccc(F)c1F)N1CCCC(CN2CCCC2)C1. The maximum Gasteiger partial charge on any atom is 0.227 e. The first-order valence-corrected chi connectivity index (χ1v) is 8.56. The highest BCUT2D eigenvalue weighted by molar-refractivity contribution is 5.79. The molecule has 5 heteroatoms. The van der Waals surface area contributed by atoms with Crippen molar-refractivity contribution in [1.29, 1.82) is 0 Å². The molecule has 2 saturated heterocycles. The molecule has 2 aliphatic heterocycles. The average molecular weight is 322 g/mol. The monoisotopic (exact) mass is 322 g/mol. The van der Waals surface area contributed by atoms with Gasteiger partial charge in [-0.1, -0.05) is 12.1 Å². The van der Waals surface area contributed by atoms with Gasteiger partial charge in [-0.3, -0.25) is 4.79 Å². The van der Waals surface area contributed by atoms with E-state index in [1.54, 1.807) is 0 Å². The third-order valence-electron chi connectivity index (χ3n) is 4.96. The molecule has 1 aromatic carbocycles. The average Bonchev–Trinajstić information content (AvgIpc) is 3.05. The van der Waals surface area contributed by atoms with Crippen LogP contribution >= 0.6 is 0 Å². The molecule has 0 aliphatic carbocycles. The van der Waals surface area contributed by atoms with Gasteiger partial charge in [0, 0.05) is 25.2 Å². The van der Waals surface area contributed by atoms with Crippen molar-refractivity contribution in [3.05, 3.63) is 35.4 Å². The standard InChI is InChI=1S/C18H24F2N2O/c19-16-7-3-6-15(18(16)20)11-17(23)22-10-4-5-14(13-22)12-21-8-1-2-9-21/h3,6-7,14H,1-2,4-5,8-13H2. The highest BCUT2D eigenvalue weighted by atomic mass is 19.2. The first-order valence-electron chi connectivity index (χ1n) is 8.56. The highest BCUT2D eigenvalue weighted by Crippen LogP contribution is 2.21. The first-order chi connectivity index (χ1) is 11.1. The maximum absolute atomic E-state index is 13.7. The van der Waals surface area contributed by atoms with Gasteiger partial charge in [0.1, 0.15) is 0 Å². The Morgan fingerprint density at radius 2 is 1.91 bits per heavy atom. The first kappa shape index (κ1) is 16.4. The molecule has 0 N–H and O–H groups in total. The number of piperidine rings is 1. The molecule has 2 heterocycles. The molecule has 0 aromatic heterocycles. The lowest BCUT2D eigenvalue weighted by atomic mass is 9.96. The number of hydrogen-bond donors (Lipinski definition) is 0. The van der Waals surface area contributed by atoms with Gasteiger partial charge in [-0.05, 0) is 50.8 Å². The van der Waals surface area contributed by atoms with E-state index in [2.05, 4.69) is 4.90 Å². The molecule has 0 bridgehead atoms. The largest absolute Gasteiger partial charge is 0.342 e. The predicted octanol–water partition coefficient (Wildman–Crippen LogP) is 2.84. The molecule has 0 spiro atoms. The minimum Gasteiger partial charge on any atom is -0.342 e. The van der Waals surface area contributed by atoms with Gasteiger partial charge >= 0.3 is 0 Å². The number of nitrogens with zero attached hydrogens (tertiary/aromatic N) is 2. The molecule has 3 nitrogen and oxygen atoms in total. The number of hydrogen-bond acceptors (Lipinski definition) is 2. The number of halogens is 2. The Morgan fingerprint density at radius 1 is 1.13 bits per heavy atom. The Morgan fingerprint density at radius 3 is 2.70 bits per heavy atom. The number of carbonyl (C=O) groups is 1. The van der Waals surface area contributed by atoms with Crippen LogP contribution in [0.25, 0.3) is 0 Å². The van der Waals surface area contributed by atoms with Crippen molar-refractivity contribution >= 4 is 5.91 Å². The molecule has 2 fully saturated rings. The van der Waals surface area contributed by atoms with E-state index in [4.69, 9.17) is 0 Å². The zero-order valence-corrected chi connectivity index (χ0v) is 13.4. The van der Waals surface area contributed by atoms with Crippen molar-refractivity contribution in [1.82, 2.24) is 9.80 Å². The van der Waals surface area contributed by atoms with Gasteiger partial charge in [0.15, 0.2) is 11.6 Å². The lowest BCUT2D eigenvalue weighted by Gasteiger charge is -2.34. The molecule has 126 valence electrons. The van der Waals surface area contributed by atoms with Gasteiger partial charge in [-0.15, -0.1) is 0 Å². The van der Waals surface area contributed by atoms with Gasteiger partial charge in [-0.2, -0.15) is 0 Å². The fraction of sp³-hybridized carbons (Fsp3) is 0.611. The van der Waals surface area contributed by atoms with Crippen LogP contribution in [-0.4, -0.2) is 48.4 Å². The van der Waals surface area contributed by atoms with Crippen LogP contribution in [0.15, 0.2) is 18.2 Å². The molecule has 23 heavy (non-hydrogen) atoms. The Hall–Kier alpha value is -1.49. The normalized spacial score (nSPS) is 22.5. The molecular weight excluding hydrogens is 298 g/mol. The maximum atomic E-state index is 13.7. The topological polar surface area (TPSA) is 23.6 Å². The minimum atomic E-state index is -0.897. The summed E-state index contributed by atoms with van der Waals surface area (Å²) in [4.78, 5) is 16.7. The van der Waals surface area contributed by atoms with Crippen molar-refractivity contribution < 1.29 is 13.6 Å². The van der Waals surface area contributed by atoms with E-state index in [9.17, 15) is 13.6 Å². The summed E-state index contributed by atoms with van der Waals surface area (Å²) in [6.45, 7) is 4.86. The van der Waals surface area contributed by atoms with Crippen LogP contribution in [0.3, 0.4) is 0 Å². The summed E-state index contributed by atoms with van der Waals surface area (Å²) in [5.41, 5.74) is 0.150. The quantitative estimate of drug-likeness (QED) is 0.851. The van der Waals surface area contributed by atoms with Crippen molar-refractivity contribution in [2.75, 3.05) is 32.7 Å². The summed E-state index contributed by atoms with van der Waals surface area (Å²) in [5.74, 6) is -1.38. The van der Waals surface area contributed by atoms with E-state index in [-0.39, 0.29) is 17.9 Å². The molecule has 0 radical (unpaired) electrons. The number of benzene rings is 1. The molecule has 1 unspecified atom stereocenters. The second-order valence-corrected chi connectivity index (χ2v) is 6.75. The van der Waals surface area contributed by atoms with Gasteiger partial charge in [0.2, 0.25) is 5.91 Å². The van der Waals surface area contributed by atoms with Crippen LogP contribution in [0.1, 0.15) is 31.2 Å². The Labute approximate surface area is 136 Å². The number of carbonyl (C=O) groups excluding carboxylic acids is 1. The van der Waals surface area contributed by atoms with Gasteiger partial charge in [0.25, 0.3) is 0 Å². The van der Waals surface area contributed by atoms with E-state index in [0.29, 0.717) is 5.92 Å². The number of amides is 1. The molecule has 2 aliphatic rings. The Bertz CT molecular complexity index is 558. The molecule has 3 rings (SSSR count). The Balaban J connectivity index is 1.57. The van der Waals surface area contributed by atoms with E-state index in [1.165, 1.54) is 38.1 Å². The third-order valence-corrected chi connectivity index (χ3v) is 4.96.